The summed E-state index contributed by atoms with van der Waals surface area (Å²) in [6.07, 6.45) is 2.07. The predicted octanol–water partition coefficient (Wildman–Crippen LogP) is 4.65. The van der Waals surface area contributed by atoms with Gasteiger partial charge in [0.15, 0.2) is 0 Å². The van der Waals surface area contributed by atoms with Gasteiger partial charge in [0.2, 0.25) is 0 Å². The number of rotatable bonds is 4. The number of thiophene rings is 1. The average molecular weight is 338 g/mol. The molecule has 0 bridgehead atoms. The molecule has 0 spiro atoms. The Balaban J connectivity index is 1.93. The molecular formula is C17H20ClNO2S. The Morgan fingerprint density at radius 3 is 2.68 bits per heavy atom. The van der Waals surface area contributed by atoms with Crippen molar-refractivity contribution >= 4 is 22.9 Å². The van der Waals surface area contributed by atoms with Crippen molar-refractivity contribution in [1.82, 2.24) is 0 Å². The standard InChI is InChI=1S/C17H20ClNO2S/c1-11(19)12-2-3-15(21-13-6-8-20-9-7-13)14(10-12)16-4-5-17(18)22-16/h2-5,10-11,13H,6-9,19H2,1H3. The highest BCUT2D eigenvalue weighted by Crippen LogP contribution is 2.39. The van der Waals surface area contributed by atoms with E-state index in [-0.39, 0.29) is 12.1 Å². The predicted molar refractivity (Wildman–Crippen MR) is 91.8 cm³/mol. The molecule has 5 heteroatoms. The summed E-state index contributed by atoms with van der Waals surface area (Å²) >= 11 is 7.65. The lowest BCUT2D eigenvalue weighted by Crippen LogP contribution is -2.26. The lowest BCUT2D eigenvalue weighted by molar-refractivity contribution is 0.0258. The third-order valence-electron chi connectivity index (χ3n) is 3.83. The third-order valence-corrected chi connectivity index (χ3v) is 5.09. The molecule has 118 valence electrons. The normalized spacial score (nSPS) is 17.4. The number of hydrogen-bond acceptors (Lipinski definition) is 4. The van der Waals surface area contributed by atoms with E-state index in [1.54, 1.807) is 11.3 Å². The fraction of sp³-hybridized carbons (Fsp3) is 0.412. The number of halogens is 1. The van der Waals surface area contributed by atoms with Gasteiger partial charge in [-0.2, -0.15) is 0 Å². The second-order valence-electron chi connectivity index (χ2n) is 5.58. The topological polar surface area (TPSA) is 44.5 Å². The monoisotopic (exact) mass is 337 g/mol. The smallest absolute Gasteiger partial charge is 0.128 e. The second kappa shape index (κ2) is 7.01. The Bertz CT molecular complexity index is 635. The molecule has 0 saturated carbocycles. The molecule has 2 N–H and O–H groups in total. The summed E-state index contributed by atoms with van der Waals surface area (Å²) in [7, 11) is 0. The number of ether oxygens (including phenoxy) is 2. The van der Waals surface area contributed by atoms with Crippen LogP contribution in [0.2, 0.25) is 4.34 Å². The molecule has 2 heterocycles. The first-order valence-corrected chi connectivity index (χ1v) is 8.72. The van der Waals surface area contributed by atoms with Crippen molar-refractivity contribution in [2.45, 2.75) is 31.9 Å². The summed E-state index contributed by atoms with van der Waals surface area (Å²) in [5.41, 5.74) is 8.18. The molecule has 1 atom stereocenters. The zero-order chi connectivity index (χ0) is 15.5. The lowest BCUT2D eigenvalue weighted by Gasteiger charge is -2.25. The summed E-state index contributed by atoms with van der Waals surface area (Å²) in [5, 5.41) is 0. The first kappa shape index (κ1) is 15.8. The molecule has 1 aliphatic heterocycles. The molecular weight excluding hydrogens is 318 g/mol. The maximum absolute atomic E-state index is 6.23. The molecule has 22 heavy (non-hydrogen) atoms. The third kappa shape index (κ3) is 3.63. The van der Waals surface area contributed by atoms with Crippen LogP contribution in [0.4, 0.5) is 0 Å². The number of hydrogen-bond donors (Lipinski definition) is 1. The van der Waals surface area contributed by atoms with Crippen molar-refractivity contribution in [2.75, 3.05) is 13.2 Å². The molecule has 1 unspecified atom stereocenters. The van der Waals surface area contributed by atoms with E-state index >= 15 is 0 Å². The van der Waals surface area contributed by atoms with Gasteiger partial charge in [-0.3, -0.25) is 0 Å². The van der Waals surface area contributed by atoms with Crippen LogP contribution in [0.15, 0.2) is 30.3 Å². The Morgan fingerprint density at radius 1 is 1.27 bits per heavy atom. The highest BCUT2D eigenvalue weighted by Gasteiger charge is 2.18. The molecule has 0 radical (unpaired) electrons. The number of nitrogens with two attached hydrogens (primary N) is 1. The van der Waals surface area contributed by atoms with Crippen molar-refractivity contribution in [3.8, 4) is 16.2 Å². The lowest BCUT2D eigenvalue weighted by atomic mass is 10.0. The van der Waals surface area contributed by atoms with Crippen LogP contribution in [-0.2, 0) is 4.74 Å². The minimum absolute atomic E-state index is 0.00804. The molecule has 1 aromatic carbocycles. The van der Waals surface area contributed by atoms with Crippen molar-refractivity contribution in [3.63, 3.8) is 0 Å². The van der Waals surface area contributed by atoms with E-state index in [9.17, 15) is 0 Å². The minimum atomic E-state index is -0.00804. The van der Waals surface area contributed by atoms with Gasteiger partial charge in [-0.05, 0) is 36.8 Å². The van der Waals surface area contributed by atoms with Gasteiger partial charge in [0.1, 0.15) is 11.9 Å². The van der Waals surface area contributed by atoms with E-state index in [1.165, 1.54) is 0 Å². The molecule has 1 fully saturated rings. The van der Waals surface area contributed by atoms with E-state index in [4.69, 9.17) is 26.8 Å². The van der Waals surface area contributed by atoms with Gasteiger partial charge < -0.3 is 15.2 Å². The zero-order valence-corrected chi connectivity index (χ0v) is 14.1. The van der Waals surface area contributed by atoms with E-state index in [1.807, 2.05) is 31.2 Å². The molecule has 1 saturated heterocycles. The largest absolute Gasteiger partial charge is 0.490 e. The molecule has 3 nitrogen and oxygen atoms in total. The van der Waals surface area contributed by atoms with Crippen LogP contribution >= 0.6 is 22.9 Å². The molecule has 0 aliphatic carbocycles. The Kier molecular flexibility index (Phi) is 5.03. The van der Waals surface area contributed by atoms with Gasteiger partial charge in [0.25, 0.3) is 0 Å². The van der Waals surface area contributed by atoms with Crippen LogP contribution in [0.1, 0.15) is 31.4 Å². The van der Waals surface area contributed by atoms with Crippen LogP contribution in [0, 0.1) is 0 Å². The minimum Gasteiger partial charge on any atom is -0.490 e. The first-order valence-electron chi connectivity index (χ1n) is 7.53. The van der Waals surface area contributed by atoms with E-state index in [0.29, 0.717) is 0 Å². The second-order valence-corrected chi connectivity index (χ2v) is 7.29. The quantitative estimate of drug-likeness (QED) is 0.883. The van der Waals surface area contributed by atoms with Crippen molar-refractivity contribution in [3.05, 3.63) is 40.2 Å². The van der Waals surface area contributed by atoms with Crippen LogP contribution in [0.3, 0.4) is 0 Å². The van der Waals surface area contributed by atoms with Gasteiger partial charge in [-0.15, -0.1) is 11.3 Å². The van der Waals surface area contributed by atoms with Crippen molar-refractivity contribution in [1.29, 1.82) is 0 Å². The maximum atomic E-state index is 6.23. The van der Waals surface area contributed by atoms with Gasteiger partial charge in [0.05, 0.1) is 17.6 Å². The van der Waals surface area contributed by atoms with Crippen molar-refractivity contribution < 1.29 is 9.47 Å². The van der Waals surface area contributed by atoms with Crippen LogP contribution in [-0.4, -0.2) is 19.3 Å². The van der Waals surface area contributed by atoms with Crippen molar-refractivity contribution in [2.24, 2.45) is 5.73 Å². The summed E-state index contributed by atoms with van der Waals surface area (Å²) in [6.45, 7) is 3.52. The maximum Gasteiger partial charge on any atom is 0.128 e. The first-order chi connectivity index (χ1) is 10.6. The number of benzene rings is 1. The summed E-state index contributed by atoms with van der Waals surface area (Å²) in [5.74, 6) is 0.898. The summed E-state index contributed by atoms with van der Waals surface area (Å²) in [6, 6.07) is 10.1. The molecule has 1 aliphatic rings. The van der Waals surface area contributed by atoms with E-state index in [0.717, 1.165) is 52.1 Å². The molecule has 2 aromatic rings. The fourth-order valence-corrected chi connectivity index (χ4v) is 3.62. The van der Waals surface area contributed by atoms with Gasteiger partial charge >= 0.3 is 0 Å². The molecule has 0 amide bonds. The SMILES string of the molecule is CC(N)c1ccc(OC2CCOCC2)c(-c2ccc(Cl)s2)c1. The van der Waals surface area contributed by atoms with Crippen LogP contribution in [0.5, 0.6) is 5.75 Å². The Morgan fingerprint density at radius 2 is 2.05 bits per heavy atom. The Hall–Kier alpha value is -1.07. The summed E-state index contributed by atoms with van der Waals surface area (Å²) < 4.78 is 12.4. The highest BCUT2D eigenvalue weighted by molar-refractivity contribution is 7.19. The van der Waals surface area contributed by atoms with Crippen LogP contribution in [0.25, 0.3) is 10.4 Å². The molecule has 1 aromatic heterocycles. The molecule has 3 rings (SSSR count). The van der Waals surface area contributed by atoms with E-state index in [2.05, 4.69) is 6.07 Å². The highest BCUT2D eigenvalue weighted by atomic mass is 35.5. The van der Waals surface area contributed by atoms with Gasteiger partial charge in [-0.25, -0.2) is 0 Å². The fourth-order valence-electron chi connectivity index (χ4n) is 2.56. The summed E-state index contributed by atoms with van der Waals surface area (Å²) in [4.78, 5) is 1.11. The van der Waals surface area contributed by atoms with Gasteiger partial charge in [0, 0.05) is 29.3 Å². The van der Waals surface area contributed by atoms with Gasteiger partial charge in [-0.1, -0.05) is 17.7 Å². The zero-order valence-electron chi connectivity index (χ0n) is 12.5. The average Bonchev–Trinajstić information content (AvgIpc) is 2.95. The Labute approximate surface area is 140 Å². The van der Waals surface area contributed by atoms with E-state index < -0.39 is 0 Å². The van der Waals surface area contributed by atoms with Crippen LogP contribution < -0.4 is 10.5 Å².